The Bertz CT molecular complexity index is 488. The first-order chi connectivity index (χ1) is 8.38. The van der Waals surface area contributed by atoms with Gasteiger partial charge in [-0.25, -0.2) is 0 Å². The number of thiophene rings is 1. The molecule has 0 saturated heterocycles. The van der Waals surface area contributed by atoms with E-state index < -0.39 is 0 Å². The van der Waals surface area contributed by atoms with Crippen LogP contribution in [0.1, 0.15) is 23.8 Å². The molecule has 3 heteroatoms. The number of pyridine rings is 1. The van der Waals surface area contributed by atoms with Gasteiger partial charge in [0.1, 0.15) is 0 Å². The Balaban J connectivity index is 1.87. The summed E-state index contributed by atoms with van der Waals surface area (Å²) in [4.78, 5) is 6.94. The average molecular weight is 244 g/mol. The van der Waals surface area contributed by atoms with Crippen molar-refractivity contribution in [3.05, 3.63) is 41.5 Å². The van der Waals surface area contributed by atoms with E-state index in [0.29, 0.717) is 6.04 Å². The first-order valence-corrected chi connectivity index (χ1v) is 6.87. The van der Waals surface area contributed by atoms with Gasteiger partial charge in [-0.2, -0.15) is 0 Å². The smallest absolute Gasteiger partial charge is 0.0441 e. The SMILES string of the molecule is CNC(c1ccc(-c2cccnc2)s1)C1CC1. The number of hydrogen-bond donors (Lipinski definition) is 1. The zero-order valence-corrected chi connectivity index (χ0v) is 10.7. The highest BCUT2D eigenvalue weighted by Crippen LogP contribution is 2.43. The van der Waals surface area contributed by atoms with Crippen molar-refractivity contribution in [2.24, 2.45) is 5.92 Å². The Hall–Kier alpha value is -1.19. The molecule has 1 unspecified atom stereocenters. The van der Waals surface area contributed by atoms with Gasteiger partial charge in [-0.3, -0.25) is 4.98 Å². The molecule has 1 saturated carbocycles. The highest BCUT2D eigenvalue weighted by molar-refractivity contribution is 7.15. The standard InChI is InChI=1S/C14H16N2S/c1-15-14(10-4-5-10)13-7-6-12(17-13)11-3-2-8-16-9-11/h2-3,6-10,14-15H,4-5H2,1H3. The van der Waals surface area contributed by atoms with Crippen LogP contribution in [-0.2, 0) is 0 Å². The second-order valence-corrected chi connectivity index (χ2v) is 5.66. The van der Waals surface area contributed by atoms with Crippen LogP contribution in [0.15, 0.2) is 36.7 Å². The van der Waals surface area contributed by atoms with Crippen molar-refractivity contribution in [2.75, 3.05) is 7.05 Å². The Morgan fingerprint density at radius 2 is 2.24 bits per heavy atom. The summed E-state index contributed by atoms with van der Waals surface area (Å²) in [6.45, 7) is 0. The van der Waals surface area contributed by atoms with Crippen LogP contribution < -0.4 is 5.32 Å². The van der Waals surface area contributed by atoms with Gasteiger partial charge in [-0.15, -0.1) is 11.3 Å². The van der Waals surface area contributed by atoms with Gasteiger partial charge in [-0.05, 0) is 44.0 Å². The van der Waals surface area contributed by atoms with E-state index in [1.54, 1.807) is 0 Å². The maximum Gasteiger partial charge on any atom is 0.0441 e. The van der Waals surface area contributed by atoms with Crippen LogP contribution in [0.25, 0.3) is 10.4 Å². The normalized spacial score (nSPS) is 17.0. The van der Waals surface area contributed by atoms with Crippen LogP contribution >= 0.6 is 11.3 Å². The van der Waals surface area contributed by atoms with Crippen LogP contribution in [0.2, 0.25) is 0 Å². The van der Waals surface area contributed by atoms with Crippen LogP contribution in [0.3, 0.4) is 0 Å². The van der Waals surface area contributed by atoms with Crippen LogP contribution in [0.5, 0.6) is 0 Å². The molecule has 1 atom stereocenters. The third-order valence-corrected chi connectivity index (χ3v) is 4.50. The van der Waals surface area contributed by atoms with Crippen molar-refractivity contribution < 1.29 is 0 Å². The number of hydrogen-bond acceptors (Lipinski definition) is 3. The fourth-order valence-electron chi connectivity index (χ4n) is 2.22. The lowest BCUT2D eigenvalue weighted by Crippen LogP contribution is -2.16. The highest BCUT2D eigenvalue weighted by atomic mass is 32.1. The molecule has 1 fully saturated rings. The molecule has 17 heavy (non-hydrogen) atoms. The first-order valence-electron chi connectivity index (χ1n) is 6.06. The largest absolute Gasteiger partial charge is 0.312 e. The van der Waals surface area contributed by atoms with E-state index in [9.17, 15) is 0 Å². The molecular weight excluding hydrogens is 228 g/mol. The Kier molecular flexibility index (Phi) is 2.95. The van der Waals surface area contributed by atoms with Gasteiger partial charge in [0.25, 0.3) is 0 Å². The quantitative estimate of drug-likeness (QED) is 0.890. The highest BCUT2D eigenvalue weighted by Gasteiger charge is 2.32. The van der Waals surface area contributed by atoms with Gasteiger partial charge >= 0.3 is 0 Å². The van der Waals surface area contributed by atoms with Crippen molar-refractivity contribution >= 4 is 11.3 Å². The monoisotopic (exact) mass is 244 g/mol. The third-order valence-electron chi connectivity index (χ3n) is 3.28. The van der Waals surface area contributed by atoms with Gasteiger partial charge < -0.3 is 5.32 Å². The first kappa shape index (κ1) is 10.9. The fourth-order valence-corrected chi connectivity index (χ4v) is 3.43. The minimum atomic E-state index is 0.547. The van der Waals surface area contributed by atoms with Crippen LogP contribution in [0, 0.1) is 5.92 Å². The van der Waals surface area contributed by atoms with Crippen molar-refractivity contribution in [3.63, 3.8) is 0 Å². The summed E-state index contributed by atoms with van der Waals surface area (Å²) >= 11 is 1.88. The van der Waals surface area contributed by atoms with E-state index in [1.165, 1.54) is 28.2 Å². The summed E-state index contributed by atoms with van der Waals surface area (Å²) in [5.74, 6) is 0.848. The number of rotatable bonds is 4. The lowest BCUT2D eigenvalue weighted by Gasteiger charge is -2.12. The van der Waals surface area contributed by atoms with E-state index in [-0.39, 0.29) is 0 Å². The maximum absolute atomic E-state index is 4.17. The van der Waals surface area contributed by atoms with E-state index in [1.807, 2.05) is 29.8 Å². The summed E-state index contributed by atoms with van der Waals surface area (Å²) in [5.41, 5.74) is 1.22. The van der Waals surface area contributed by atoms with E-state index in [2.05, 4.69) is 35.5 Å². The average Bonchev–Trinajstić information content (AvgIpc) is 3.09. The fraction of sp³-hybridized carbons (Fsp3) is 0.357. The minimum Gasteiger partial charge on any atom is -0.312 e. The molecule has 0 amide bonds. The molecule has 0 spiro atoms. The molecule has 0 aliphatic heterocycles. The predicted octanol–water partition coefficient (Wildman–Crippen LogP) is 3.48. The molecule has 0 radical (unpaired) electrons. The van der Waals surface area contributed by atoms with Crippen molar-refractivity contribution in [3.8, 4) is 10.4 Å². The Morgan fingerprint density at radius 1 is 1.35 bits per heavy atom. The number of nitrogens with one attached hydrogen (secondary N) is 1. The van der Waals surface area contributed by atoms with Crippen LogP contribution in [0.4, 0.5) is 0 Å². The Morgan fingerprint density at radius 3 is 2.88 bits per heavy atom. The summed E-state index contributed by atoms with van der Waals surface area (Å²) in [6.07, 6.45) is 6.48. The van der Waals surface area contributed by atoms with E-state index in [4.69, 9.17) is 0 Å². The van der Waals surface area contributed by atoms with Gasteiger partial charge in [0.15, 0.2) is 0 Å². The molecule has 2 aromatic rings. The minimum absolute atomic E-state index is 0.547. The Labute approximate surface area is 106 Å². The number of aromatic nitrogens is 1. The molecule has 2 heterocycles. The van der Waals surface area contributed by atoms with Gasteiger partial charge in [0.2, 0.25) is 0 Å². The van der Waals surface area contributed by atoms with Gasteiger partial charge in [0.05, 0.1) is 0 Å². The number of nitrogens with zero attached hydrogens (tertiary/aromatic N) is 1. The molecule has 2 aromatic heterocycles. The molecular formula is C14H16N2S. The zero-order chi connectivity index (χ0) is 11.7. The molecule has 88 valence electrons. The topological polar surface area (TPSA) is 24.9 Å². The molecule has 1 N–H and O–H groups in total. The van der Waals surface area contributed by atoms with Gasteiger partial charge in [0, 0.05) is 33.8 Å². The summed E-state index contributed by atoms with van der Waals surface area (Å²) in [6, 6.07) is 9.13. The van der Waals surface area contributed by atoms with Crippen molar-refractivity contribution in [1.29, 1.82) is 0 Å². The van der Waals surface area contributed by atoms with E-state index in [0.717, 1.165) is 5.92 Å². The lowest BCUT2D eigenvalue weighted by molar-refractivity contribution is 0.537. The van der Waals surface area contributed by atoms with Crippen molar-refractivity contribution in [2.45, 2.75) is 18.9 Å². The summed E-state index contributed by atoms with van der Waals surface area (Å²) < 4.78 is 0. The predicted molar refractivity (Wildman–Crippen MR) is 72.1 cm³/mol. The summed E-state index contributed by atoms with van der Waals surface area (Å²) in [7, 11) is 2.06. The molecule has 0 bridgehead atoms. The molecule has 2 nitrogen and oxygen atoms in total. The lowest BCUT2D eigenvalue weighted by atomic mass is 10.1. The second kappa shape index (κ2) is 4.59. The molecule has 3 rings (SSSR count). The maximum atomic E-state index is 4.17. The third kappa shape index (κ3) is 2.26. The molecule has 1 aliphatic carbocycles. The summed E-state index contributed by atoms with van der Waals surface area (Å²) in [5, 5.41) is 3.44. The second-order valence-electron chi connectivity index (χ2n) is 4.55. The van der Waals surface area contributed by atoms with E-state index >= 15 is 0 Å². The van der Waals surface area contributed by atoms with Crippen molar-refractivity contribution in [1.82, 2.24) is 10.3 Å². The van der Waals surface area contributed by atoms with Gasteiger partial charge in [-0.1, -0.05) is 6.07 Å². The van der Waals surface area contributed by atoms with Crippen LogP contribution in [-0.4, -0.2) is 12.0 Å². The zero-order valence-electron chi connectivity index (χ0n) is 9.89. The molecule has 1 aliphatic rings. The molecule has 0 aromatic carbocycles.